The molecule has 148 valence electrons. The van der Waals surface area contributed by atoms with Crippen LogP contribution in [0.25, 0.3) is 0 Å². The molecular formula is C21H26N4O2S. The molecule has 1 N–H and O–H groups in total. The van der Waals surface area contributed by atoms with E-state index in [1.165, 1.54) is 10.4 Å². The van der Waals surface area contributed by atoms with E-state index in [4.69, 9.17) is 9.72 Å². The Hall–Kier alpha value is -1.99. The molecule has 1 spiro atoms. The maximum absolute atomic E-state index is 12.4. The normalized spacial score (nSPS) is 20.8. The van der Waals surface area contributed by atoms with E-state index >= 15 is 0 Å². The molecule has 28 heavy (non-hydrogen) atoms. The lowest BCUT2D eigenvalue weighted by molar-refractivity contribution is -0.0757. The molecule has 1 amide bonds. The number of fused-ring (bicyclic) bond motifs is 3. The second-order valence-electron chi connectivity index (χ2n) is 8.23. The van der Waals surface area contributed by atoms with Crippen LogP contribution in [0.4, 0.5) is 5.82 Å². The fourth-order valence-electron chi connectivity index (χ4n) is 4.66. The van der Waals surface area contributed by atoms with E-state index in [9.17, 15) is 4.79 Å². The maximum atomic E-state index is 12.4. The summed E-state index contributed by atoms with van der Waals surface area (Å²) in [7, 11) is 0. The Morgan fingerprint density at radius 2 is 2.07 bits per heavy atom. The molecule has 3 aliphatic rings. The fraction of sp³-hybridized carbons (Fsp3) is 0.571. The van der Waals surface area contributed by atoms with Crippen LogP contribution in [0, 0.1) is 0 Å². The van der Waals surface area contributed by atoms with Crippen LogP contribution in [0.3, 0.4) is 0 Å². The number of nitrogens with one attached hydrogen (secondary N) is 1. The standard InChI is InChI=1S/C21H26N4O2S/c1-13(2)18-23-17-14(3-8-22-20(17)26)19(24-18)25-9-6-21(7-10-25)15-5-12-28-16(15)4-11-27-21/h5,12-13H,3-4,6-11H2,1-2H3,(H,22,26). The van der Waals surface area contributed by atoms with Crippen molar-refractivity contribution < 1.29 is 9.53 Å². The summed E-state index contributed by atoms with van der Waals surface area (Å²) in [6.45, 7) is 7.39. The number of rotatable bonds is 2. The number of hydrogen-bond donors (Lipinski definition) is 1. The first-order chi connectivity index (χ1) is 13.6. The van der Waals surface area contributed by atoms with Crippen molar-refractivity contribution in [2.45, 2.75) is 51.0 Å². The van der Waals surface area contributed by atoms with E-state index in [0.717, 1.165) is 62.6 Å². The molecule has 0 aromatic carbocycles. The molecule has 3 aliphatic heterocycles. The lowest BCUT2D eigenvalue weighted by atomic mass is 9.82. The Bertz CT molecular complexity index is 915. The number of amides is 1. The number of thiophene rings is 1. The third-order valence-electron chi connectivity index (χ3n) is 6.21. The fourth-order valence-corrected chi connectivity index (χ4v) is 5.61. The average Bonchev–Trinajstić information content (AvgIpc) is 3.19. The summed E-state index contributed by atoms with van der Waals surface area (Å²) in [5.74, 6) is 1.82. The first-order valence-corrected chi connectivity index (χ1v) is 11.1. The minimum Gasteiger partial charge on any atom is -0.370 e. The van der Waals surface area contributed by atoms with Crippen molar-refractivity contribution in [2.24, 2.45) is 0 Å². The van der Waals surface area contributed by atoms with Crippen molar-refractivity contribution in [3.8, 4) is 0 Å². The quantitative estimate of drug-likeness (QED) is 0.842. The molecule has 6 nitrogen and oxygen atoms in total. The number of ether oxygens (including phenoxy) is 1. The summed E-state index contributed by atoms with van der Waals surface area (Å²) in [4.78, 5) is 25.7. The highest BCUT2D eigenvalue weighted by Crippen LogP contribution is 2.44. The Labute approximate surface area is 169 Å². The average molecular weight is 399 g/mol. The smallest absolute Gasteiger partial charge is 0.270 e. The van der Waals surface area contributed by atoms with Gasteiger partial charge in [0.1, 0.15) is 17.3 Å². The van der Waals surface area contributed by atoms with Gasteiger partial charge in [0.25, 0.3) is 5.91 Å². The van der Waals surface area contributed by atoms with Crippen LogP contribution in [-0.4, -0.2) is 42.1 Å². The largest absolute Gasteiger partial charge is 0.370 e. The molecule has 2 aromatic rings. The first-order valence-electron chi connectivity index (χ1n) is 10.2. The van der Waals surface area contributed by atoms with Crippen LogP contribution in [0.5, 0.6) is 0 Å². The van der Waals surface area contributed by atoms with Gasteiger partial charge in [0.05, 0.1) is 12.2 Å². The van der Waals surface area contributed by atoms with Gasteiger partial charge in [-0.15, -0.1) is 11.3 Å². The molecule has 0 radical (unpaired) electrons. The minimum absolute atomic E-state index is 0.0705. The Kier molecular flexibility index (Phi) is 4.39. The topological polar surface area (TPSA) is 67.3 Å². The third kappa shape index (κ3) is 2.83. The molecule has 0 unspecified atom stereocenters. The summed E-state index contributed by atoms with van der Waals surface area (Å²) >= 11 is 1.86. The van der Waals surface area contributed by atoms with Gasteiger partial charge in [-0.05, 0) is 36.3 Å². The van der Waals surface area contributed by atoms with Crippen molar-refractivity contribution in [1.29, 1.82) is 0 Å². The van der Waals surface area contributed by atoms with Gasteiger partial charge in [-0.3, -0.25) is 4.79 Å². The number of aromatic nitrogens is 2. The molecule has 5 heterocycles. The Morgan fingerprint density at radius 3 is 2.86 bits per heavy atom. The van der Waals surface area contributed by atoms with Gasteiger partial charge in [-0.25, -0.2) is 9.97 Å². The molecule has 2 aromatic heterocycles. The zero-order valence-corrected chi connectivity index (χ0v) is 17.3. The summed E-state index contributed by atoms with van der Waals surface area (Å²) in [6.07, 6.45) is 3.74. The van der Waals surface area contributed by atoms with Gasteiger partial charge >= 0.3 is 0 Å². The number of nitrogens with zero attached hydrogens (tertiary/aromatic N) is 3. The van der Waals surface area contributed by atoms with E-state index in [1.54, 1.807) is 0 Å². The molecule has 0 saturated carbocycles. The highest BCUT2D eigenvalue weighted by Gasteiger charge is 2.42. The van der Waals surface area contributed by atoms with E-state index in [-0.39, 0.29) is 17.4 Å². The van der Waals surface area contributed by atoms with Crippen LogP contribution in [0.15, 0.2) is 11.4 Å². The molecule has 0 aliphatic carbocycles. The maximum Gasteiger partial charge on any atom is 0.270 e. The van der Waals surface area contributed by atoms with Crippen molar-refractivity contribution in [3.63, 3.8) is 0 Å². The van der Waals surface area contributed by atoms with Crippen LogP contribution < -0.4 is 10.2 Å². The Balaban J connectivity index is 1.47. The van der Waals surface area contributed by atoms with Crippen molar-refractivity contribution in [2.75, 3.05) is 31.1 Å². The molecule has 7 heteroatoms. The predicted octanol–water partition coefficient (Wildman–Crippen LogP) is 3.02. The predicted molar refractivity (Wildman–Crippen MR) is 109 cm³/mol. The summed E-state index contributed by atoms with van der Waals surface area (Å²) in [6, 6.07) is 2.25. The lowest BCUT2D eigenvalue weighted by Crippen LogP contribution is -2.47. The zero-order chi connectivity index (χ0) is 19.3. The zero-order valence-electron chi connectivity index (χ0n) is 16.5. The van der Waals surface area contributed by atoms with Gasteiger partial charge in [0, 0.05) is 42.4 Å². The SMILES string of the molecule is CC(C)c1nc2c(c(N3CCC4(CC3)OCCc3sccc34)n1)CCNC2=O. The summed E-state index contributed by atoms with van der Waals surface area (Å²) < 4.78 is 6.35. The Morgan fingerprint density at radius 1 is 1.25 bits per heavy atom. The van der Waals surface area contributed by atoms with Crippen LogP contribution in [-0.2, 0) is 23.2 Å². The van der Waals surface area contributed by atoms with Crippen LogP contribution in [0.1, 0.15) is 64.9 Å². The molecule has 0 atom stereocenters. The van der Waals surface area contributed by atoms with Gasteiger partial charge in [0.2, 0.25) is 0 Å². The molecular weight excluding hydrogens is 372 g/mol. The number of hydrogen-bond acceptors (Lipinski definition) is 6. The van der Waals surface area contributed by atoms with Crippen molar-refractivity contribution in [3.05, 3.63) is 39.0 Å². The van der Waals surface area contributed by atoms with Gasteiger partial charge < -0.3 is 15.0 Å². The highest BCUT2D eigenvalue weighted by atomic mass is 32.1. The number of piperidine rings is 1. The summed E-state index contributed by atoms with van der Waals surface area (Å²) in [5, 5.41) is 5.12. The number of anilines is 1. The van der Waals surface area contributed by atoms with E-state index in [1.807, 2.05) is 11.3 Å². The minimum atomic E-state index is -0.143. The van der Waals surface area contributed by atoms with Gasteiger partial charge in [-0.2, -0.15) is 0 Å². The van der Waals surface area contributed by atoms with Crippen LogP contribution in [0.2, 0.25) is 0 Å². The van der Waals surface area contributed by atoms with E-state index < -0.39 is 0 Å². The molecule has 0 bridgehead atoms. The first kappa shape index (κ1) is 18.1. The number of carbonyl (C=O) groups is 1. The monoisotopic (exact) mass is 398 g/mol. The second-order valence-corrected chi connectivity index (χ2v) is 9.23. The molecule has 1 saturated heterocycles. The lowest BCUT2D eigenvalue weighted by Gasteiger charge is -2.45. The molecule has 1 fully saturated rings. The van der Waals surface area contributed by atoms with Crippen LogP contribution >= 0.6 is 11.3 Å². The van der Waals surface area contributed by atoms with Crippen molar-refractivity contribution >= 4 is 23.1 Å². The second kappa shape index (κ2) is 6.81. The van der Waals surface area contributed by atoms with E-state index in [0.29, 0.717) is 12.2 Å². The third-order valence-corrected chi connectivity index (χ3v) is 7.19. The summed E-state index contributed by atoms with van der Waals surface area (Å²) in [5.41, 5.74) is 2.82. The number of carbonyl (C=O) groups excluding carboxylic acids is 1. The van der Waals surface area contributed by atoms with E-state index in [2.05, 4.69) is 40.5 Å². The highest BCUT2D eigenvalue weighted by molar-refractivity contribution is 7.10. The van der Waals surface area contributed by atoms with Crippen molar-refractivity contribution in [1.82, 2.24) is 15.3 Å². The van der Waals surface area contributed by atoms with Gasteiger partial charge in [0.15, 0.2) is 0 Å². The van der Waals surface area contributed by atoms with Gasteiger partial charge in [-0.1, -0.05) is 13.8 Å². The molecule has 5 rings (SSSR count).